The quantitative estimate of drug-likeness (QED) is 0.399. The standard InChI is InChI=1S/C8H9NO2/c1-7-4-5-8(11-7)3-2-6-9-10/h2-6,10H,1H3/b3-2+,9-6+. The van der Waals surface area contributed by atoms with E-state index in [9.17, 15) is 0 Å². The zero-order chi connectivity index (χ0) is 8.10. The van der Waals surface area contributed by atoms with E-state index in [2.05, 4.69) is 5.16 Å². The summed E-state index contributed by atoms with van der Waals surface area (Å²) < 4.78 is 5.20. The highest BCUT2D eigenvalue weighted by Gasteiger charge is 1.90. The molecule has 58 valence electrons. The zero-order valence-electron chi connectivity index (χ0n) is 6.19. The molecule has 1 rings (SSSR count). The van der Waals surface area contributed by atoms with Crippen molar-refractivity contribution in [1.29, 1.82) is 0 Å². The fourth-order valence-electron chi connectivity index (χ4n) is 0.719. The molecule has 0 aromatic carbocycles. The Morgan fingerprint density at radius 3 is 2.91 bits per heavy atom. The summed E-state index contributed by atoms with van der Waals surface area (Å²) >= 11 is 0. The number of nitrogens with zero attached hydrogens (tertiary/aromatic N) is 1. The minimum Gasteiger partial charge on any atom is -0.462 e. The summed E-state index contributed by atoms with van der Waals surface area (Å²) in [5, 5.41) is 10.8. The molecular weight excluding hydrogens is 142 g/mol. The SMILES string of the molecule is Cc1ccc(/C=C/C=N/O)o1. The molecule has 0 bridgehead atoms. The van der Waals surface area contributed by atoms with Gasteiger partial charge in [0.05, 0.1) is 6.21 Å². The first-order valence-corrected chi connectivity index (χ1v) is 3.23. The van der Waals surface area contributed by atoms with Gasteiger partial charge in [-0.3, -0.25) is 0 Å². The molecule has 0 radical (unpaired) electrons. The molecule has 1 aromatic heterocycles. The highest BCUT2D eigenvalue weighted by Crippen LogP contribution is 2.06. The molecule has 1 N–H and O–H groups in total. The number of aryl methyl sites for hydroxylation is 1. The number of allylic oxidation sites excluding steroid dienone is 1. The maximum Gasteiger partial charge on any atom is 0.127 e. The molecule has 0 unspecified atom stereocenters. The Morgan fingerprint density at radius 2 is 2.36 bits per heavy atom. The second-order valence-corrected chi connectivity index (χ2v) is 2.07. The van der Waals surface area contributed by atoms with Gasteiger partial charge in [0.1, 0.15) is 11.5 Å². The normalized spacial score (nSPS) is 11.7. The Morgan fingerprint density at radius 1 is 1.55 bits per heavy atom. The Bertz CT molecular complexity index is 273. The van der Waals surface area contributed by atoms with Crippen LogP contribution in [0.2, 0.25) is 0 Å². The second kappa shape index (κ2) is 3.61. The number of rotatable bonds is 2. The third kappa shape index (κ3) is 2.29. The van der Waals surface area contributed by atoms with Crippen LogP contribution in [0.25, 0.3) is 6.08 Å². The van der Waals surface area contributed by atoms with Gasteiger partial charge in [-0.05, 0) is 31.2 Å². The van der Waals surface area contributed by atoms with Crippen molar-refractivity contribution in [2.45, 2.75) is 6.92 Å². The molecule has 3 nitrogen and oxygen atoms in total. The van der Waals surface area contributed by atoms with Crippen molar-refractivity contribution in [1.82, 2.24) is 0 Å². The molecule has 1 heterocycles. The lowest BCUT2D eigenvalue weighted by Crippen LogP contribution is -1.64. The van der Waals surface area contributed by atoms with Gasteiger partial charge in [-0.25, -0.2) is 0 Å². The minimum atomic E-state index is 0.752. The van der Waals surface area contributed by atoms with Crippen LogP contribution in [0.3, 0.4) is 0 Å². The number of furan rings is 1. The van der Waals surface area contributed by atoms with Crippen molar-refractivity contribution in [3.05, 3.63) is 29.7 Å². The summed E-state index contributed by atoms with van der Waals surface area (Å²) in [6.45, 7) is 1.87. The van der Waals surface area contributed by atoms with Gasteiger partial charge in [0.2, 0.25) is 0 Å². The summed E-state index contributed by atoms with van der Waals surface area (Å²) in [6.07, 6.45) is 4.59. The van der Waals surface area contributed by atoms with Crippen molar-refractivity contribution in [3.8, 4) is 0 Å². The van der Waals surface area contributed by atoms with Crippen molar-refractivity contribution in [3.63, 3.8) is 0 Å². The van der Waals surface area contributed by atoms with Gasteiger partial charge < -0.3 is 9.62 Å². The summed E-state index contributed by atoms with van der Waals surface area (Å²) in [4.78, 5) is 0. The van der Waals surface area contributed by atoms with Crippen molar-refractivity contribution in [2.75, 3.05) is 0 Å². The van der Waals surface area contributed by atoms with E-state index in [4.69, 9.17) is 9.62 Å². The summed E-state index contributed by atoms with van der Waals surface area (Å²) in [5.74, 6) is 1.62. The molecule has 0 amide bonds. The van der Waals surface area contributed by atoms with Gasteiger partial charge in [0.25, 0.3) is 0 Å². The van der Waals surface area contributed by atoms with Crippen molar-refractivity contribution < 1.29 is 9.62 Å². The van der Waals surface area contributed by atoms with Crippen LogP contribution in [0.15, 0.2) is 27.8 Å². The lowest BCUT2D eigenvalue weighted by Gasteiger charge is -1.81. The van der Waals surface area contributed by atoms with Gasteiger partial charge in [-0.15, -0.1) is 0 Å². The Kier molecular flexibility index (Phi) is 2.49. The summed E-state index contributed by atoms with van der Waals surface area (Å²) in [5.41, 5.74) is 0. The second-order valence-electron chi connectivity index (χ2n) is 2.07. The zero-order valence-corrected chi connectivity index (χ0v) is 6.19. The summed E-state index contributed by atoms with van der Waals surface area (Å²) in [7, 11) is 0. The molecule has 0 saturated carbocycles. The lowest BCUT2D eigenvalue weighted by atomic mass is 10.4. The topological polar surface area (TPSA) is 45.7 Å². The molecule has 0 spiro atoms. The van der Waals surface area contributed by atoms with E-state index in [1.165, 1.54) is 6.21 Å². The fourth-order valence-corrected chi connectivity index (χ4v) is 0.719. The van der Waals surface area contributed by atoms with E-state index in [0.717, 1.165) is 11.5 Å². The van der Waals surface area contributed by atoms with E-state index in [1.807, 2.05) is 19.1 Å². The van der Waals surface area contributed by atoms with Gasteiger partial charge in [-0.2, -0.15) is 0 Å². The number of hydrogen-bond donors (Lipinski definition) is 1. The van der Waals surface area contributed by atoms with Gasteiger partial charge in [-0.1, -0.05) is 5.16 Å². The van der Waals surface area contributed by atoms with Crippen LogP contribution < -0.4 is 0 Å². The maximum absolute atomic E-state index is 8.04. The van der Waals surface area contributed by atoms with E-state index in [0.29, 0.717) is 0 Å². The first-order valence-electron chi connectivity index (χ1n) is 3.23. The number of hydrogen-bond acceptors (Lipinski definition) is 3. The molecule has 11 heavy (non-hydrogen) atoms. The smallest absolute Gasteiger partial charge is 0.127 e. The van der Waals surface area contributed by atoms with E-state index in [1.54, 1.807) is 12.2 Å². The van der Waals surface area contributed by atoms with Crippen molar-refractivity contribution >= 4 is 12.3 Å². The molecule has 0 atom stereocenters. The van der Waals surface area contributed by atoms with Gasteiger partial charge in [0, 0.05) is 0 Å². The molecule has 0 fully saturated rings. The van der Waals surface area contributed by atoms with E-state index < -0.39 is 0 Å². The maximum atomic E-state index is 8.04. The average Bonchev–Trinajstić information content (AvgIpc) is 2.37. The summed E-state index contributed by atoms with van der Waals surface area (Å²) in [6, 6.07) is 3.72. The lowest BCUT2D eigenvalue weighted by molar-refractivity contribution is 0.322. The predicted octanol–water partition coefficient (Wildman–Crippen LogP) is 2.06. The van der Waals surface area contributed by atoms with Crippen LogP contribution in [0.5, 0.6) is 0 Å². The monoisotopic (exact) mass is 151 g/mol. The van der Waals surface area contributed by atoms with Crippen LogP contribution in [0, 0.1) is 6.92 Å². The highest BCUT2D eigenvalue weighted by atomic mass is 16.4. The molecular formula is C8H9NO2. The van der Waals surface area contributed by atoms with Crippen LogP contribution in [-0.2, 0) is 0 Å². The molecule has 0 aliphatic heterocycles. The fraction of sp³-hybridized carbons (Fsp3) is 0.125. The van der Waals surface area contributed by atoms with Gasteiger partial charge in [0.15, 0.2) is 0 Å². The first kappa shape index (κ1) is 7.60. The van der Waals surface area contributed by atoms with E-state index >= 15 is 0 Å². The molecule has 1 aromatic rings. The third-order valence-corrected chi connectivity index (χ3v) is 1.17. The van der Waals surface area contributed by atoms with Crippen molar-refractivity contribution in [2.24, 2.45) is 5.16 Å². The Labute approximate surface area is 64.6 Å². The Hall–Kier alpha value is -1.51. The number of oxime groups is 1. The Balaban J connectivity index is 2.64. The predicted molar refractivity (Wildman–Crippen MR) is 42.8 cm³/mol. The average molecular weight is 151 g/mol. The molecule has 0 saturated heterocycles. The van der Waals surface area contributed by atoms with E-state index in [-0.39, 0.29) is 0 Å². The molecule has 0 aliphatic rings. The highest BCUT2D eigenvalue weighted by molar-refractivity contribution is 5.76. The largest absolute Gasteiger partial charge is 0.462 e. The first-order chi connectivity index (χ1) is 5.33. The molecule has 3 heteroatoms. The third-order valence-electron chi connectivity index (χ3n) is 1.17. The van der Waals surface area contributed by atoms with Crippen LogP contribution in [0.4, 0.5) is 0 Å². The van der Waals surface area contributed by atoms with Crippen LogP contribution in [-0.4, -0.2) is 11.4 Å². The van der Waals surface area contributed by atoms with Crippen LogP contribution >= 0.6 is 0 Å². The van der Waals surface area contributed by atoms with Gasteiger partial charge >= 0.3 is 0 Å². The molecule has 0 aliphatic carbocycles. The minimum absolute atomic E-state index is 0.752. The van der Waals surface area contributed by atoms with Crippen LogP contribution in [0.1, 0.15) is 11.5 Å².